The zero-order valence-corrected chi connectivity index (χ0v) is 9.86. The third-order valence-electron chi connectivity index (χ3n) is 2.85. The number of hydrogen-bond acceptors (Lipinski definition) is 3. The molecule has 2 rings (SSSR count). The predicted octanol–water partition coefficient (Wildman–Crippen LogP) is 2.73. The van der Waals surface area contributed by atoms with E-state index in [0.717, 1.165) is 6.42 Å². The molecule has 0 fully saturated rings. The molecule has 1 aliphatic carbocycles. The van der Waals surface area contributed by atoms with Crippen molar-refractivity contribution in [2.45, 2.75) is 38.5 Å². The molecule has 0 bridgehead atoms. The second-order valence-electron chi connectivity index (χ2n) is 3.94. The van der Waals surface area contributed by atoms with E-state index in [0.29, 0.717) is 6.42 Å². The first kappa shape index (κ1) is 10.7. The number of rotatable bonds is 3. The van der Waals surface area contributed by atoms with E-state index in [2.05, 4.69) is 10.8 Å². The van der Waals surface area contributed by atoms with Crippen LogP contribution in [0, 0.1) is 0 Å². The fourth-order valence-electron chi connectivity index (χ4n) is 2.00. The maximum Gasteiger partial charge on any atom is 0.305 e. The molecule has 1 aromatic rings. The van der Waals surface area contributed by atoms with Crippen LogP contribution in [0.25, 0.3) is 0 Å². The van der Waals surface area contributed by atoms with Crippen molar-refractivity contribution in [2.75, 3.05) is 7.11 Å². The number of fused-ring (bicyclic) bond motifs is 1. The van der Waals surface area contributed by atoms with Crippen molar-refractivity contribution in [2.24, 2.45) is 0 Å². The minimum absolute atomic E-state index is 0.110. The monoisotopic (exact) mass is 224 g/mol. The standard InChI is InChI=1S/C12H16O2S/c1-14-12(13)7-6-10-8-9-4-2-3-5-11(9)15-10/h8H,2-7H2,1H3. The Balaban J connectivity index is 1.97. The molecule has 1 aromatic heterocycles. The van der Waals surface area contributed by atoms with Crippen molar-refractivity contribution in [3.05, 3.63) is 21.4 Å². The first-order chi connectivity index (χ1) is 7.29. The summed E-state index contributed by atoms with van der Waals surface area (Å²) in [5, 5.41) is 0. The van der Waals surface area contributed by atoms with E-state index in [9.17, 15) is 4.79 Å². The highest BCUT2D eigenvalue weighted by Gasteiger charge is 2.13. The van der Waals surface area contributed by atoms with Gasteiger partial charge < -0.3 is 4.74 Å². The molecule has 0 aromatic carbocycles. The number of thiophene rings is 1. The maximum atomic E-state index is 11.0. The number of aryl methyl sites for hydroxylation is 3. The first-order valence-corrected chi connectivity index (χ1v) is 6.28. The molecule has 15 heavy (non-hydrogen) atoms. The smallest absolute Gasteiger partial charge is 0.305 e. The summed E-state index contributed by atoms with van der Waals surface area (Å²) in [5.74, 6) is -0.110. The van der Waals surface area contributed by atoms with Gasteiger partial charge in [-0.25, -0.2) is 0 Å². The molecule has 82 valence electrons. The van der Waals surface area contributed by atoms with Crippen LogP contribution in [0.15, 0.2) is 6.07 Å². The zero-order chi connectivity index (χ0) is 10.7. The van der Waals surface area contributed by atoms with Crippen LogP contribution in [-0.2, 0) is 28.8 Å². The Morgan fingerprint density at radius 3 is 3.00 bits per heavy atom. The molecule has 0 unspecified atom stereocenters. The van der Waals surface area contributed by atoms with E-state index in [1.165, 1.54) is 43.2 Å². The highest BCUT2D eigenvalue weighted by atomic mass is 32.1. The Hall–Kier alpha value is -0.830. The van der Waals surface area contributed by atoms with E-state index in [1.807, 2.05) is 11.3 Å². The van der Waals surface area contributed by atoms with Crippen LogP contribution in [0.5, 0.6) is 0 Å². The first-order valence-electron chi connectivity index (χ1n) is 5.47. The lowest BCUT2D eigenvalue weighted by atomic mass is 9.99. The number of methoxy groups -OCH3 is 1. The van der Waals surface area contributed by atoms with Gasteiger partial charge in [0.05, 0.1) is 13.5 Å². The molecule has 1 aliphatic rings. The number of esters is 1. The molecule has 0 aliphatic heterocycles. The minimum Gasteiger partial charge on any atom is -0.469 e. The average Bonchev–Trinajstić information content (AvgIpc) is 2.68. The topological polar surface area (TPSA) is 26.3 Å². The second kappa shape index (κ2) is 4.79. The van der Waals surface area contributed by atoms with Crippen LogP contribution in [-0.4, -0.2) is 13.1 Å². The molecule has 2 nitrogen and oxygen atoms in total. The number of ether oxygens (including phenoxy) is 1. The van der Waals surface area contributed by atoms with Crippen LogP contribution < -0.4 is 0 Å². The molecule has 0 amide bonds. The lowest BCUT2D eigenvalue weighted by Crippen LogP contribution is -2.00. The second-order valence-corrected chi connectivity index (χ2v) is 5.17. The number of carbonyl (C=O) groups is 1. The van der Waals surface area contributed by atoms with Gasteiger partial charge >= 0.3 is 5.97 Å². The van der Waals surface area contributed by atoms with E-state index in [1.54, 1.807) is 4.88 Å². The lowest BCUT2D eigenvalue weighted by Gasteiger charge is -2.08. The molecule has 0 spiro atoms. The fraction of sp³-hybridized carbons (Fsp3) is 0.583. The van der Waals surface area contributed by atoms with Crippen LogP contribution in [0.4, 0.5) is 0 Å². The van der Waals surface area contributed by atoms with Gasteiger partial charge in [0.1, 0.15) is 0 Å². The molecule has 0 atom stereocenters. The normalized spacial score (nSPS) is 14.7. The Labute approximate surface area is 94.3 Å². The molecule has 0 saturated carbocycles. The molecule has 1 heterocycles. The summed E-state index contributed by atoms with van der Waals surface area (Å²) in [6.07, 6.45) is 6.45. The predicted molar refractivity (Wildman–Crippen MR) is 61.3 cm³/mol. The van der Waals surface area contributed by atoms with E-state index in [4.69, 9.17) is 0 Å². The number of hydrogen-bond donors (Lipinski definition) is 0. The highest BCUT2D eigenvalue weighted by molar-refractivity contribution is 7.12. The third-order valence-corrected chi connectivity index (χ3v) is 4.15. The van der Waals surface area contributed by atoms with Crippen molar-refractivity contribution in [3.8, 4) is 0 Å². The Kier molecular flexibility index (Phi) is 3.41. The van der Waals surface area contributed by atoms with Gasteiger partial charge in [0.25, 0.3) is 0 Å². The summed E-state index contributed by atoms with van der Waals surface area (Å²) >= 11 is 1.88. The summed E-state index contributed by atoms with van der Waals surface area (Å²) in [5.41, 5.74) is 1.52. The molecule has 0 saturated heterocycles. The SMILES string of the molecule is COC(=O)CCc1cc2c(s1)CCCC2. The highest BCUT2D eigenvalue weighted by Crippen LogP contribution is 2.30. The van der Waals surface area contributed by atoms with Gasteiger partial charge in [-0.05, 0) is 43.7 Å². The largest absolute Gasteiger partial charge is 0.469 e. The van der Waals surface area contributed by atoms with Crippen molar-refractivity contribution in [1.29, 1.82) is 0 Å². The van der Waals surface area contributed by atoms with E-state index in [-0.39, 0.29) is 5.97 Å². The van der Waals surface area contributed by atoms with Crippen molar-refractivity contribution >= 4 is 17.3 Å². The van der Waals surface area contributed by atoms with Crippen molar-refractivity contribution < 1.29 is 9.53 Å². The van der Waals surface area contributed by atoms with Gasteiger partial charge in [-0.15, -0.1) is 11.3 Å². The summed E-state index contributed by atoms with van der Waals surface area (Å²) in [6.45, 7) is 0. The lowest BCUT2D eigenvalue weighted by molar-refractivity contribution is -0.140. The van der Waals surface area contributed by atoms with Crippen LogP contribution in [0.2, 0.25) is 0 Å². The average molecular weight is 224 g/mol. The van der Waals surface area contributed by atoms with Crippen LogP contribution in [0.1, 0.15) is 34.6 Å². The molecule has 0 radical (unpaired) electrons. The zero-order valence-electron chi connectivity index (χ0n) is 9.04. The van der Waals surface area contributed by atoms with E-state index < -0.39 is 0 Å². The van der Waals surface area contributed by atoms with Gasteiger partial charge in [0.2, 0.25) is 0 Å². The van der Waals surface area contributed by atoms with Gasteiger partial charge in [-0.1, -0.05) is 0 Å². The van der Waals surface area contributed by atoms with Crippen LogP contribution in [0.3, 0.4) is 0 Å². The Morgan fingerprint density at radius 1 is 1.47 bits per heavy atom. The molecule has 3 heteroatoms. The molecular formula is C12H16O2S. The van der Waals surface area contributed by atoms with Gasteiger partial charge in [-0.3, -0.25) is 4.79 Å². The van der Waals surface area contributed by atoms with Gasteiger partial charge in [0, 0.05) is 9.75 Å². The summed E-state index contributed by atoms with van der Waals surface area (Å²) < 4.78 is 4.64. The Bertz CT molecular complexity index is 331. The number of carbonyl (C=O) groups excluding carboxylic acids is 1. The minimum atomic E-state index is -0.110. The third kappa shape index (κ3) is 2.59. The Morgan fingerprint density at radius 2 is 2.27 bits per heavy atom. The summed E-state index contributed by atoms with van der Waals surface area (Å²) in [4.78, 5) is 13.9. The molecular weight excluding hydrogens is 208 g/mol. The van der Waals surface area contributed by atoms with E-state index >= 15 is 0 Å². The van der Waals surface area contributed by atoms with Crippen molar-refractivity contribution in [1.82, 2.24) is 0 Å². The van der Waals surface area contributed by atoms with Crippen molar-refractivity contribution in [3.63, 3.8) is 0 Å². The molecule has 0 N–H and O–H groups in total. The maximum absolute atomic E-state index is 11.0. The van der Waals surface area contributed by atoms with Gasteiger partial charge in [-0.2, -0.15) is 0 Å². The summed E-state index contributed by atoms with van der Waals surface area (Å²) in [7, 11) is 1.45. The van der Waals surface area contributed by atoms with Crippen LogP contribution >= 0.6 is 11.3 Å². The quantitative estimate of drug-likeness (QED) is 0.738. The van der Waals surface area contributed by atoms with Gasteiger partial charge in [0.15, 0.2) is 0 Å². The summed E-state index contributed by atoms with van der Waals surface area (Å²) in [6, 6.07) is 2.28. The fourth-order valence-corrected chi connectivity index (χ4v) is 3.26.